The molecule has 0 aliphatic carbocycles. The Morgan fingerprint density at radius 3 is 0.879 bits per heavy atom. The summed E-state index contributed by atoms with van der Waals surface area (Å²) in [4.78, 5) is 48.3. The van der Waals surface area contributed by atoms with Gasteiger partial charge < -0.3 is 57.5 Å². The third-order valence-corrected chi connectivity index (χ3v) is 25.8. The first-order valence-electron chi connectivity index (χ1n) is 35.0. The molecule has 0 bridgehead atoms. The first kappa shape index (κ1) is 95.7. The van der Waals surface area contributed by atoms with Crippen LogP contribution in [0.15, 0.2) is 198 Å². The van der Waals surface area contributed by atoms with Crippen LogP contribution in [0.1, 0.15) is 121 Å². The molecule has 0 fully saturated rings. The summed E-state index contributed by atoms with van der Waals surface area (Å²) in [5.74, 6) is -11.4. The Labute approximate surface area is 629 Å². The number of hydrogen-bond acceptors (Lipinski definition) is 20. The lowest BCUT2D eigenvalue weighted by Crippen LogP contribution is -2.30. The number of alkyl halides is 4. The van der Waals surface area contributed by atoms with Crippen LogP contribution < -0.4 is 18.1 Å². The molecule has 0 radical (unpaired) electrons. The van der Waals surface area contributed by atoms with Crippen molar-refractivity contribution in [3.05, 3.63) is 204 Å². The molecule has 5 aromatic carbocycles. The highest BCUT2D eigenvalue weighted by Gasteiger charge is 2.43. The Balaban J connectivity index is 0.000000486. The monoisotopic (exact) mass is 1580 g/mol. The van der Waals surface area contributed by atoms with Gasteiger partial charge >= 0.3 is 23.9 Å². The van der Waals surface area contributed by atoms with Gasteiger partial charge in [0, 0.05) is 25.7 Å². The topological polar surface area (TPSA) is 291 Å². The second kappa shape index (κ2) is 48.9. The van der Waals surface area contributed by atoms with Crippen LogP contribution in [0.4, 0.5) is 17.6 Å². The molecule has 0 aliphatic rings. The highest BCUT2D eigenvalue weighted by atomic mass is 31.2. The molecular weight excluding hydrogens is 1470 g/mol. The summed E-state index contributed by atoms with van der Waals surface area (Å²) in [6.45, 7) is 20.7. The lowest BCUT2D eigenvalue weighted by molar-refractivity contribution is -0.158. The fourth-order valence-electron chi connectivity index (χ4n) is 9.22. The second-order valence-corrected chi connectivity index (χ2v) is 37.2. The second-order valence-electron chi connectivity index (χ2n) is 27.0. The summed E-state index contributed by atoms with van der Waals surface area (Å²) >= 11 is 0. The van der Waals surface area contributed by atoms with E-state index >= 15 is 4.39 Å². The summed E-state index contributed by atoms with van der Waals surface area (Å²) in [5.41, 5.74) is 2.43. The maximum atomic E-state index is 15.0. The van der Waals surface area contributed by atoms with Crippen LogP contribution >= 0.6 is 29.5 Å². The minimum atomic E-state index is -3.90. The Morgan fingerprint density at radius 1 is 0.393 bits per heavy atom. The Morgan fingerprint density at radius 2 is 0.636 bits per heavy atom. The molecule has 12 unspecified atom stereocenters. The summed E-state index contributed by atoms with van der Waals surface area (Å²) in [6, 6.07) is 42.5. The number of rotatable bonds is 39. The molecule has 0 saturated heterocycles. The number of aliphatic hydroxyl groups excluding tert-OH is 4. The summed E-state index contributed by atoms with van der Waals surface area (Å²) < 4.78 is 155. The SMILES string of the molecule is C/C(=C\CC(F)P(=O)(CC(C)C(=O)OC(C)(C)C)Oc1ccccc1)CO.C/C(=C\CC(F)P(=O)(CC(C)C(=O)OC(C)C)Oc1ccccc1)CO.C/C(=C\CC(F)P(=O)(CC(C)C(=O)OCc1ccccc1)Oc1ccccc1)CO.COC(=O)C(C)CP(=O)(Oc1ccccc1)C(F)C/C=C(\C)CO. The van der Waals surface area contributed by atoms with Gasteiger partial charge in [0.25, 0.3) is 29.5 Å². The number of methoxy groups -OCH3 is 1. The molecule has 107 heavy (non-hydrogen) atoms. The lowest BCUT2D eigenvalue weighted by atomic mass is 10.1. The van der Waals surface area contributed by atoms with Gasteiger partial charge in [-0.15, -0.1) is 0 Å². The molecule has 0 amide bonds. The van der Waals surface area contributed by atoms with E-state index in [0.29, 0.717) is 22.3 Å². The number of aliphatic hydroxyl groups is 4. The Hall–Kier alpha value is -7.38. The summed E-state index contributed by atoms with van der Waals surface area (Å²) in [6.07, 6.45) is 3.88. The molecule has 0 aromatic heterocycles. The number of allylic oxidation sites excluding steroid dienone is 4. The first-order valence-corrected chi connectivity index (χ1v) is 42.5. The van der Waals surface area contributed by atoms with E-state index in [0.717, 1.165) is 5.56 Å². The van der Waals surface area contributed by atoms with Crippen LogP contribution in [0.2, 0.25) is 0 Å². The minimum absolute atomic E-state index is 0.0886. The molecule has 28 heteroatoms. The highest BCUT2D eigenvalue weighted by molar-refractivity contribution is 7.61. The van der Waals surface area contributed by atoms with E-state index in [1.807, 2.05) is 30.3 Å². The van der Waals surface area contributed by atoms with Gasteiger partial charge in [-0.3, -0.25) is 37.4 Å². The molecule has 0 aliphatic heterocycles. The largest absolute Gasteiger partial charge is 0.469 e. The lowest BCUT2D eigenvalue weighted by Gasteiger charge is -2.27. The average Bonchev–Trinajstić information content (AvgIpc) is 0.841. The Kier molecular flexibility index (Phi) is 43.7. The maximum absolute atomic E-state index is 15.0. The summed E-state index contributed by atoms with van der Waals surface area (Å²) in [5, 5.41) is 36.2. The van der Waals surface area contributed by atoms with Crippen LogP contribution in [0, 0.1) is 23.7 Å². The van der Waals surface area contributed by atoms with Crippen molar-refractivity contribution in [2.75, 3.05) is 58.2 Å². The molecule has 4 N–H and O–H groups in total. The van der Waals surface area contributed by atoms with E-state index in [1.54, 1.807) is 204 Å². The first-order chi connectivity index (χ1) is 50.3. The normalized spacial score (nSPS) is 16.5. The highest BCUT2D eigenvalue weighted by Crippen LogP contribution is 2.59. The fraction of sp³-hybridized carbons (Fsp3) is 0.468. The molecule has 594 valence electrons. The number of carbonyl (C=O) groups is 4. The van der Waals surface area contributed by atoms with E-state index in [2.05, 4.69) is 4.74 Å². The quantitative estimate of drug-likeness (QED) is 0.00934. The molecule has 5 aromatic rings. The van der Waals surface area contributed by atoms with Crippen LogP contribution in [0.5, 0.6) is 23.0 Å². The third kappa shape index (κ3) is 37.5. The van der Waals surface area contributed by atoms with E-state index in [-0.39, 0.29) is 112 Å². The summed E-state index contributed by atoms with van der Waals surface area (Å²) in [7, 11) is -14.2. The van der Waals surface area contributed by atoms with Crippen molar-refractivity contribution < 1.29 is 112 Å². The van der Waals surface area contributed by atoms with Crippen molar-refractivity contribution in [3.63, 3.8) is 0 Å². The molecule has 5 rings (SSSR count). The van der Waals surface area contributed by atoms with Gasteiger partial charge in [0.05, 0.1) is 88.0 Å². The zero-order valence-corrected chi connectivity index (χ0v) is 67.3. The zero-order chi connectivity index (χ0) is 80.6. The van der Waals surface area contributed by atoms with Gasteiger partial charge in [-0.1, -0.05) is 177 Å². The van der Waals surface area contributed by atoms with Gasteiger partial charge in [0.15, 0.2) is 23.7 Å². The average molecular weight is 1580 g/mol. The van der Waals surface area contributed by atoms with E-state index in [4.69, 9.17) is 52.7 Å². The molecule has 0 saturated carbocycles. The molecule has 0 heterocycles. The van der Waals surface area contributed by atoms with E-state index < -0.39 is 106 Å². The van der Waals surface area contributed by atoms with Gasteiger partial charge in [0.2, 0.25) is 0 Å². The van der Waals surface area contributed by atoms with Crippen LogP contribution in [0.25, 0.3) is 0 Å². The molecule has 0 spiro atoms. The predicted octanol–water partition coefficient (Wildman–Crippen LogP) is 18.6. The van der Waals surface area contributed by atoms with Crippen LogP contribution in [-0.2, 0) is 63.0 Å². The van der Waals surface area contributed by atoms with Gasteiger partial charge in [-0.05, 0) is 116 Å². The van der Waals surface area contributed by atoms with Crippen LogP contribution in [-0.4, -0.2) is 138 Å². The number of esters is 4. The smallest absolute Gasteiger partial charge is 0.309 e. The Bertz CT molecular complexity index is 3770. The van der Waals surface area contributed by atoms with E-state index in [1.165, 1.54) is 38.3 Å². The van der Waals surface area contributed by atoms with Crippen LogP contribution in [0.3, 0.4) is 0 Å². The van der Waals surface area contributed by atoms with E-state index in [9.17, 15) is 50.6 Å². The standard InChI is InChI=1S/C23H28FO5P.C20H30FO5P.C19H28FO5P.C17H24FO5P/c1-18(15-25)13-14-22(24)30(27,29-21-11-7-4-8-12-21)17-19(2)23(26)28-16-20-9-5-3-6-10-20;1-15(13-22)11-12-18(21)27(24,26-17-9-7-6-8-10-17)14-16(2)19(23)25-20(3,4)5;1-14(2)24-19(22)16(4)13-26(23,18(20)11-10-15(3)12-21)25-17-8-6-5-7-9-17;1-13(11-19)9-10-16(18)24(21,12-14(2)17(20)22-3)23-15-7-5-4-6-8-15/h3-13,19,22,25H,14-17H2,1-2H3;6-11,16,18,22H,12-14H2,1-5H3;5-10,14,16,18,21H,11-13H2,1-4H3;4-9,14,16,19H,10-12H2,1-3H3/b18-13+;15-11+;15-10+;13-9+. The minimum Gasteiger partial charge on any atom is -0.469 e. The zero-order valence-electron chi connectivity index (χ0n) is 63.8. The van der Waals surface area contributed by atoms with Crippen molar-refractivity contribution in [2.45, 2.75) is 158 Å². The van der Waals surface area contributed by atoms with Crippen molar-refractivity contribution in [1.29, 1.82) is 0 Å². The van der Waals surface area contributed by atoms with Crippen molar-refractivity contribution >= 4 is 53.4 Å². The third-order valence-electron chi connectivity index (χ3n) is 15.3. The van der Waals surface area contributed by atoms with Gasteiger partial charge in [-0.2, -0.15) is 0 Å². The number of benzene rings is 5. The number of halogens is 4. The van der Waals surface area contributed by atoms with Crippen molar-refractivity contribution in [3.8, 4) is 23.0 Å². The predicted molar refractivity (Wildman–Crippen MR) is 412 cm³/mol. The molecule has 12 atom stereocenters. The number of ether oxygens (including phenoxy) is 4. The van der Waals surface area contributed by atoms with Gasteiger partial charge in [0.1, 0.15) is 35.2 Å². The van der Waals surface area contributed by atoms with Crippen molar-refractivity contribution in [1.82, 2.24) is 0 Å². The number of carbonyl (C=O) groups excluding carboxylic acids is 4. The molecule has 20 nitrogen and oxygen atoms in total. The fourth-order valence-corrected chi connectivity index (χ4v) is 18.2. The van der Waals surface area contributed by atoms with Gasteiger partial charge in [-0.25, -0.2) is 17.6 Å². The number of para-hydroxylation sites is 4. The molecular formula is C79H110F4O20P4. The van der Waals surface area contributed by atoms with Crippen molar-refractivity contribution in [2.24, 2.45) is 23.7 Å². The number of hydrogen-bond donors (Lipinski definition) is 4. The maximum Gasteiger partial charge on any atom is 0.309 e.